The smallest absolute Gasteiger partial charge is 0.260 e. The number of nitrogens with zero attached hydrogens (tertiary/aromatic N) is 2. The molecule has 6 nitrogen and oxygen atoms in total. The van der Waals surface area contributed by atoms with Gasteiger partial charge in [-0.15, -0.1) is 0 Å². The number of aromatic nitrogens is 1. The van der Waals surface area contributed by atoms with Crippen LogP contribution >= 0.6 is 0 Å². The lowest BCUT2D eigenvalue weighted by Crippen LogP contribution is -2.29. The Morgan fingerprint density at radius 1 is 1.37 bits per heavy atom. The lowest BCUT2D eigenvalue weighted by atomic mass is 10.4. The molecule has 1 aromatic rings. The van der Waals surface area contributed by atoms with Crippen molar-refractivity contribution in [3.05, 3.63) is 18.3 Å². The van der Waals surface area contributed by atoms with E-state index in [0.717, 1.165) is 26.1 Å². The van der Waals surface area contributed by atoms with Gasteiger partial charge in [0, 0.05) is 12.7 Å². The summed E-state index contributed by atoms with van der Waals surface area (Å²) in [6.07, 6.45) is 4.72. The molecule has 2 heterocycles. The number of nitrogen functional groups attached to an aromatic ring is 1. The van der Waals surface area contributed by atoms with Crippen molar-refractivity contribution in [2.24, 2.45) is 0 Å². The van der Waals surface area contributed by atoms with Crippen LogP contribution in [0.1, 0.15) is 19.3 Å². The van der Waals surface area contributed by atoms with Crippen LogP contribution in [-0.2, 0) is 10.0 Å². The Balaban J connectivity index is 1.82. The van der Waals surface area contributed by atoms with Gasteiger partial charge in [0.05, 0.1) is 5.69 Å². The average molecular weight is 284 g/mol. The molecule has 3 N–H and O–H groups in total. The van der Waals surface area contributed by atoms with Crippen LogP contribution in [0.3, 0.4) is 0 Å². The molecule has 7 heteroatoms. The maximum absolute atomic E-state index is 12.0. The van der Waals surface area contributed by atoms with Crippen molar-refractivity contribution in [2.45, 2.75) is 24.3 Å². The largest absolute Gasteiger partial charge is 0.396 e. The van der Waals surface area contributed by atoms with E-state index in [4.69, 9.17) is 5.73 Å². The van der Waals surface area contributed by atoms with Crippen LogP contribution in [0.25, 0.3) is 0 Å². The summed E-state index contributed by atoms with van der Waals surface area (Å²) in [7, 11) is -3.59. The third-order valence-corrected chi connectivity index (χ3v) is 4.63. The van der Waals surface area contributed by atoms with E-state index in [1.807, 2.05) is 0 Å². The number of pyridine rings is 1. The van der Waals surface area contributed by atoms with Gasteiger partial charge in [-0.05, 0) is 51.0 Å². The summed E-state index contributed by atoms with van der Waals surface area (Å²) in [5, 5.41) is -0.0869. The summed E-state index contributed by atoms with van der Waals surface area (Å²) in [6.45, 7) is 3.59. The normalized spacial score (nSPS) is 16.8. The molecule has 0 saturated carbocycles. The van der Waals surface area contributed by atoms with E-state index >= 15 is 0 Å². The molecule has 1 aromatic heterocycles. The average Bonchev–Trinajstić information content (AvgIpc) is 2.88. The van der Waals surface area contributed by atoms with Crippen molar-refractivity contribution >= 4 is 15.7 Å². The highest BCUT2D eigenvalue weighted by Gasteiger charge is 2.18. The molecule has 0 radical (unpaired) electrons. The second-order valence-corrected chi connectivity index (χ2v) is 6.38. The Bertz CT molecular complexity index is 512. The number of nitrogens with two attached hydrogens (primary N) is 1. The van der Waals surface area contributed by atoms with Crippen molar-refractivity contribution in [3.8, 4) is 0 Å². The quantitative estimate of drug-likeness (QED) is 0.740. The summed E-state index contributed by atoms with van der Waals surface area (Å²) in [4.78, 5) is 6.17. The van der Waals surface area contributed by atoms with Gasteiger partial charge in [0.25, 0.3) is 10.0 Å². The van der Waals surface area contributed by atoms with E-state index in [-0.39, 0.29) is 10.7 Å². The monoisotopic (exact) mass is 284 g/mol. The molecule has 2 rings (SSSR count). The Labute approximate surface area is 114 Å². The predicted octanol–water partition coefficient (Wildman–Crippen LogP) is 0.428. The molecule has 106 valence electrons. The van der Waals surface area contributed by atoms with Gasteiger partial charge in [-0.25, -0.2) is 18.1 Å². The number of nitrogens with one attached hydrogen (secondary N) is 1. The standard InChI is InChI=1S/C12H20N4O2S/c13-11-5-3-6-14-12(11)19(17,18)15-7-4-10-16-8-1-2-9-16/h3,5-6,15H,1-2,4,7-10,13H2. The minimum absolute atomic E-state index is 0.0869. The van der Waals surface area contributed by atoms with Crippen LogP contribution in [0.15, 0.2) is 23.4 Å². The molecular weight excluding hydrogens is 264 g/mol. The molecule has 0 atom stereocenters. The van der Waals surface area contributed by atoms with E-state index in [1.54, 1.807) is 6.07 Å². The molecule has 0 spiro atoms. The van der Waals surface area contributed by atoms with E-state index in [0.29, 0.717) is 6.54 Å². The second kappa shape index (κ2) is 6.31. The molecule has 19 heavy (non-hydrogen) atoms. The van der Waals surface area contributed by atoms with Gasteiger partial charge in [-0.2, -0.15) is 0 Å². The first-order chi connectivity index (χ1) is 9.09. The van der Waals surface area contributed by atoms with Crippen molar-refractivity contribution in [1.29, 1.82) is 0 Å². The molecule has 0 bridgehead atoms. The van der Waals surface area contributed by atoms with Crippen LogP contribution in [-0.4, -0.2) is 44.5 Å². The van der Waals surface area contributed by atoms with Crippen LogP contribution in [0, 0.1) is 0 Å². The van der Waals surface area contributed by atoms with Gasteiger partial charge in [0.1, 0.15) is 0 Å². The van der Waals surface area contributed by atoms with Crippen molar-refractivity contribution in [2.75, 3.05) is 31.9 Å². The van der Waals surface area contributed by atoms with Gasteiger partial charge in [0.15, 0.2) is 5.03 Å². The summed E-state index contributed by atoms with van der Waals surface area (Å²) in [6, 6.07) is 3.15. The number of anilines is 1. The molecule has 0 unspecified atom stereocenters. The number of hydrogen-bond donors (Lipinski definition) is 2. The van der Waals surface area contributed by atoms with Crippen molar-refractivity contribution < 1.29 is 8.42 Å². The highest BCUT2D eigenvalue weighted by Crippen LogP contribution is 2.13. The topological polar surface area (TPSA) is 88.3 Å². The van der Waals surface area contributed by atoms with Gasteiger partial charge in [-0.3, -0.25) is 0 Å². The lowest BCUT2D eigenvalue weighted by molar-refractivity contribution is 0.334. The fourth-order valence-corrected chi connectivity index (χ4v) is 3.34. The zero-order valence-electron chi connectivity index (χ0n) is 10.9. The number of rotatable bonds is 6. The van der Waals surface area contributed by atoms with E-state index in [9.17, 15) is 8.42 Å². The maximum atomic E-state index is 12.0. The minimum Gasteiger partial charge on any atom is -0.396 e. The molecule has 0 aliphatic carbocycles. The van der Waals surface area contributed by atoms with Gasteiger partial charge in [-0.1, -0.05) is 0 Å². The highest BCUT2D eigenvalue weighted by atomic mass is 32.2. The Morgan fingerprint density at radius 2 is 2.11 bits per heavy atom. The second-order valence-electron chi connectivity index (χ2n) is 4.70. The summed E-state index contributed by atoms with van der Waals surface area (Å²) < 4.78 is 26.5. The summed E-state index contributed by atoms with van der Waals surface area (Å²) in [5.74, 6) is 0. The van der Waals surface area contributed by atoms with Crippen LogP contribution < -0.4 is 10.5 Å². The fraction of sp³-hybridized carbons (Fsp3) is 0.583. The molecular formula is C12H20N4O2S. The molecule has 1 saturated heterocycles. The Morgan fingerprint density at radius 3 is 2.79 bits per heavy atom. The number of sulfonamides is 1. The first-order valence-electron chi connectivity index (χ1n) is 6.52. The van der Waals surface area contributed by atoms with Crippen molar-refractivity contribution in [1.82, 2.24) is 14.6 Å². The summed E-state index contributed by atoms with van der Waals surface area (Å²) in [5.41, 5.74) is 5.80. The fourth-order valence-electron chi connectivity index (χ4n) is 2.21. The predicted molar refractivity (Wildman–Crippen MR) is 74.1 cm³/mol. The van der Waals surface area contributed by atoms with Gasteiger partial charge < -0.3 is 10.6 Å². The van der Waals surface area contributed by atoms with Crippen LogP contribution in [0.4, 0.5) is 5.69 Å². The van der Waals surface area contributed by atoms with E-state index in [1.165, 1.54) is 25.1 Å². The molecule has 0 aromatic carbocycles. The molecule has 1 fully saturated rings. The lowest BCUT2D eigenvalue weighted by Gasteiger charge is -2.14. The minimum atomic E-state index is -3.59. The van der Waals surface area contributed by atoms with Crippen molar-refractivity contribution in [3.63, 3.8) is 0 Å². The molecule has 1 aliphatic heterocycles. The first-order valence-corrected chi connectivity index (χ1v) is 8.00. The number of hydrogen-bond acceptors (Lipinski definition) is 5. The summed E-state index contributed by atoms with van der Waals surface area (Å²) >= 11 is 0. The Kier molecular flexibility index (Phi) is 4.73. The zero-order chi connectivity index (χ0) is 13.7. The van der Waals surface area contributed by atoms with Gasteiger partial charge >= 0.3 is 0 Å². The maximum Gasteiger partial charge on any atom is 0.260 e. The van der Waals surface area contributed by atoms with Crippen LogP contribution in [0.2, 0.25) is 0 Å². The molecule has 0 amide bonds. The third-order valence-electron chi connectivity index (χ3n) is 3.20. The van der Waals surface area contributed by atoms with E-state index in [2.05, 4.69) is 14.6 Å². The Hall–Kier alpha value is -1.18. The first kappa shape index (κ1) is 14.2. The third kappa shape index (κ3) is 3.89. The van der Waals surface area contributed by atoms with E-state index < -0.39 is 10.0 Å². The zero-order valence-corrected chi connectivity index (χ0v) is 11.7. The van der Waals surface area contributed by atoms with Crippen LogP contribution in [0.5, 0.6) is 0 Å². The SMILES string of the molecule is Nc1cccnc1S(=O)(=O)NCCCN1CCCC1. The highest BCUT2D eigenvalue weighted by molar-refractivity contribution is 7.89. The number of likely N-dealkylation sites (tertiary alicyclic amines) is 1. The van der Waals surface area contributed by atoms with Gasteiger partial charge in [0.2, 0.25) is 0 Å². The molecule has 1 aliphatic rings.